The van der Waals surface area contributed by atoms with Crippen molar-refractivity contribution in [1.29, 1.82) is 0 Å². The summed E-state index contributed by atoms with van der Waals surface area (Å²) in [5.41, 5.74) is 4.05. The van der Waals surface area contributed by atoms with Gasteiger partial charge in [0.05, 0.1) is 6.54 Å². The molecule has 0 amide bonds. The number of hydrogen-bond acceptors (Lipinski definition) is 1. The fourth-order valence-corrected chi connectivity index (χ4v) is 2.57. The highest BCUT2D eigenvalue weighted by atomic mass is 14.9. The Bertz CT molecular complexity index is 579. The van der Waals surface area contributed by atoms with E-state index < -0.39 is 0 Å². The lowest BCUT2D eigenvalue weighted by Gasteiger charge is -2.07. The SMILES string of the molecule is C(#Cc1ccccc1)CNC1Cc2ccccc2C1. The molecule has 1 aliphatic carbocycles. The van der Waals surface area contributed by atoms with Gasteiger partial charge in [0.2, 0.25) is 0 Å². The van der Waals surface area contributed by atoms with Crippen LogP contribution in [-0.2, 0) is 12.8 Å². The maximum Gasteiger partial charge on any atom is 0.0582 e. The first-order valence-corrected chi connectivity index (χ1v) is 6.76. The molecule has 0 radical (unpaired) electrons. The highest BCUT2D eigenvalue weighted by molar-refractivity contribution is 5.35. The van der Waals surface area contributed by atoms with Crippen molar-refractivity contribution in [2.24, 2.45) is 0 Å². The van der Waals surface area contributed by atoms with Crippen molar-refractivity contribution >= 4 is 0 Å². The van der Waals surface area contributed by atoms with E-state index in [4.69, 9.17) is 0 Å². The van der Waals surface area contributed by atoms with Crippen molar-refractivity contribution in [3.05, 3.63) is 71.3 Å². The molecule has 0 aromatic heterocycles. The molecule has 0 atom stereocenters. The van der Waals surface area contributed by atoms with Crippen LogP contribution in [0.3, 0.4) is 0 Å². The van der Waals surface area contributed by atoms with Crippen LogP contribution in [0.5, 0.6) is 0 Å². The van der Waals surface area contributed by atoms with Crippen LogP contribution in [0.25, 0.3) is 0 Å². The zero-order chi connectivity index (χ0) is 12.9. The molecule has 0 heterocycles. The van der Waals surface area contributed by atoms with Gasteiger partial charge in [0.1, 0.15) is 0 Å². The molecule has 0 unspecified atom stereocenters. The second-order valence-electron chi connectivity index (χ2n) is 4.92. The van der Waals surface area contributed by atoms with Crippen LogP contribution in [0, 0.1) is 11.8 Å². The second-order valence-corrected chi connectivity index (χ2v) is 4.92. The Labute approximate surface area is 114 Å². The largest absolute Gasteiger partial charge is 0.303 e. The maximum atomic E-state index is 3.53. The summed E-state index contributed by atoms with van der Waals surface area (Å²) in [6, 6.07) is 19.4. The average Bonchev–Trinajstić information content (AvgIpc) is 2.87. The second kappa shape index (κ2) is 5.73. The minimum absolute atomic E-state index is 0.544. The topological polar surface area (TPSA) is 12.0 Å². The van der Waals surface area contributed by atoms with E-state index in [1.807, 2.05) is 30.3 Å². The molecule has 0 spiro atoms. The summed E-state index contributed by atoms with van der Waals surface area (Å²) in [5.74, 6) is 6.37. The third-order valence-electron chi connectivity index (χ3n) is 3.54. The molecule has 2 aromatic rings. The normalized spacial score (nSPS) is 13.7. The molecule has 0 bridgehead atoms. The van der Waals surface area contributed by atoms with Crippen molar-refractivity contribution in [2.75, 3.05) is 6.54 Å². The van der Waals surface area contributed by atoms with Gasteiger partial charge in [-0.15, -0.1) is 0 Å². The van der Waals surface area contributed by atoms with Gasteiger partial charge in [-0.1, -0.05) is 54.3 Å². The third-order valence-corrected chi connectivity index (χ3v) is 3.54. The van der Waals surface area contributed by atoms with Crippen molar-refractivity contribution < 1.29 is 0 Å². The highest BCUT2D eigenvalue weighted by Gasteiger charge is 2.19. The van der Waals surface area contributed by atoms with Crippen LogP contribution < -0.4 is 5.32 Å². The number of nitrogens with one attached hydrogen (secondary N) is 1. The van der Waals surface area contributed by atoms with Gasteiger partial charge in [0.15, 0.2) is 0 Å². The molecule has 0 fully saturated rings. The molecule has 0 aliphatic heterocycles. The molecule has 19 heavy (non-hydrogen) atoms. The Morgan fingerprint density at radius 1 is 0.895 bits per heavy atom. The van der Waals surface area contributed by atoms with E-state index in [0.717, 1.165) is 24.9 Å². The standard InChI is InChI=1S/C18H17N/c1-2-7-15(8-3-1)9-6-12-19-18-13-16-10-4-5-11-17(16)14-18/h1-5,7-8,10-11,18-19H,12-14H2. The van der Waals surface area contributed by atoms with Crippen LogP contribution in [-0.4, -0.2) is 12.6 Å². The lowest BCUT2D eigenvalue weighted by molar-refractivity contribution is 0.571. The Morgan fingerprint density at radius 2 is 1.53 bits per heavy atom. The Kier molecular flexibility index (Phi) is 3.63. The summed E-state index contributed by atoms with van der Waals surface area (Å²) < 4.78 is 0. The molecule has 0 saturated carbocycles. The molecule has 1 nitrogen and oxygen atoms in total. The monoisotopic (exact) mass is 247 g/mol. The van der Waals surface area contributed by atoms with Crippen LogP contribution in [0.15, 0.2) is 54.6 Å². The molecule has 3 rings (SSSR count). The van der Waals surface area contributed by atoms with Crippen molar-refractivity contribution in [2.45, 2.75) is 18.9 Å². The van der Waals surface area contributed by atoms with Gasteiger partial charge in [-0.05, 0) is 36.1 Å². The molecule has 1 aliphatic rings. The summed E-state index contributed by atoms with van der Waals surface area (Å²) in [6.45, 7) is 0.757. The summed E-state index contributed by atoms with van der Waals surface area (Å²) in [5, 5.41) is 3.53. The fourth-order valence-electron chi connectivity index (χ4n) is 2.57. The molecule has 1 heteroatoms. The number of rotatable bonds is 2. The summed E-state index contributed by atoms with van der Waals surface area (Å²) in [6.07, 6.45) is 2.26. The Morgan fingerprint density at radius 3 is 2.21 bits per heavy atom. The summed E-state index contributed by atoms with van der Waals surface area (Å²) in [4.78, 5) is 0. The Hall–Kier alpha value is -2.04. The number of hydrogen-bond donors (Lipinski definition) is 1. The number of benzene rings is 2. The lowest BCUT2D eigenvalue weighted by Crippen LogP contribution is -2.29. The minimum atomic E-state index is 0.544. The first kappa shape index (κ1) is 12.0. The zero-order valence-corrected chi connectivity index (χ0v) is 10.9. The van der Waals surface area contributed by atoms with E-state index in [0.29, 0.717) is 6.04 Å². The van der Waals surface area contributed by atoms with Gasteiger partial charge in [0, 0.05) is 11.6 Å². The average molecular weight is 247 g/mol. The van der Waals surface area contributed by atoms with E-state index in [-0.39, 0.29) is 0 Å². The highest BCUT2D eigenvalue weighted by Crippen LogP contribution is 2.21. The Balaban J connectivity index is 1.52. The van der Waals surface area contributed by atoms with E-state index in [1.54, 1.807) is 0 Å². The van der Waals surface area contributed by atoms with Crippen LogP contribution in [0.1, 0.15) is 16.7 Å². The van der Waals surface area contributed by atoms with Crippen LogP contribution in [0.2, 0.25) is 0 Å². The van der Waals surface area contributed by atoms with Gasteiger partial charge in [-0.3, -0.25) is 0 Å². The first-order chi connectivity index (χ1) is 9.42. The van der Waals surface area contributed by atoms with Crippen molar-refractivity contribution in [3.8, 4) is 11.8 Å². The number of fused-ring (bicyclic) bond motifs is 1. The maximum absolute atomic E-state index is 3.53. The molecular weight excluding hydrogens is 230 g/mol. The molecule has 2 aromatic carbocycles. The van der Waals surface area contributed by atoms with E-state index in [2.05, 4.69) is 41.4 Å². The van der Waals surface area contributed by atoms with E-state index in [9.17, 15) is 0 Å². The predicted molar refractivity (Wildman–Crippen MR) is 79.0 cm³/mol. The van der Waals surface area contributed by atoms with Crippen molar-refractivity contribution in [1.82, 2.24) is 5.32 Å². The predicted octanol–water partition coefficient (Wildman–Crippen LogP) is 2.80. The van der Waals surface area contributed by atoms with Crippen LogP contribution >= 0.6 is 0 Å². The van der Waals surface area contributed by atoms with Gasteiger partial charge >= 0.3 is 0 Å². The van der Waals surface area contributed by atoms with Gasteiger partial charge < -0.3 is 5.32 Å². The van der Waals surface area contributed by atoms with Crippen LogP contribution in [0.4, 0.5) is 0 Å². The molecule has 1 N–H and O–H groups in total. The quantitative estimate of drug-likeness (QED) is 0.805. The molecule has 0 saturated heterocycles. The smallest absolute Gasteiger partial charge is 0.0582 e. The van der Waals surface area contributed by atoms with E-state index >= 15 is 0 Å². The van der Waals surface area contributed by atoms with Gasteiger partial charge in [-0.2, -0.15) is 0 Å². The van der Waals surface area contributed by atoms with Gasteiger partial charge in [-0.25, -0.2) is 0 Å². The first-order valence-electron chi connectivity index (χ1n) is 6.76. The molecule has 94 valence electrons. The molecular formula is C18H17N. The summed E-state index contributed by atoms with van der Waals surface area (Å²) in [7, 11) is 0. The fraction of sp³-hybridized carbons (Fsp3) is 0.222. The lowest BCUT2D eigenvalue weighted by atomic mass is 10.1. The zero-order valence-electron chi connectivity index (χ0n) is 10.9. The van der Waals surface area contributed by atoms with Crippen molar-refractivity contribution in [3.63, 3.8) is 0 Å². The van der Waals surface area contributed by atoms with Gasteiger partial charge in [0.25, 0.3) is 0 Å². The third kappa shape index (κ3) is 3.05. The summed E-state index contributed by atoms with van der Waals surface area (Å²) >= 11 is 0. The minimum Gasteiger partial charge on any atom is -0.303 e. The van der Waals surface area contributed by atoms with E-state index in [1.165, 1.54) is 11.1 Å².